The molecule has 1 amide bonds. The molecule has 2 saturated heterocycles. The van der Waals surface area contributed by atoms with Crippen molar-refractivity contribution in [2.24, 2.45) is 13.0 Å². The molecule has 7 heteroatoms. The third kappa shape index (κ3) is 2.44. The highest BCUT2D eigenvalue weighted by molar-refractivity contribution is 8.00. The molecule has 4 unspecified atom stereocenters. The van der Waals surface area contributed by atoms with Crippen LogP contribution in [0.2, 0.25) is 0 Å². The zero-order chi connectivity index (χ0) is 16.8. The number of nitrogens with zero attached hydrogens (tertiary/aromatic N) is 1. The van der Waals surface area contributed by atoms with Crippen molar-refractivity contribution in [3.8, 4) is 0 Å². The molecule has 6 nitrogen and oxygen atoms in total. The van der Waals surface area contributed by atoms with Gasteiger partial charge in [-0.05, 0) is 24.4 Å². The minimum absolute atomic E-state index is 0.00138. The maximum atomic E-state index is 13.0. The molecule has 2 fully saturated rings. The molecule has 24 heavy (non-hydrogen) atoms. The zero-order valence-corrected chi connectivity index (χ0v) is 14.4. The highest BCUT2D eigenvalue weighted by atomic mass is 32.2. The van der Waals surface area contributed by atoms with E-state index in [0.29, 0.717) is 5.75 Å². The van der Waals surface area contributed by atoms with E-state index in [0.717, 1.165) is 16.5 Å². The number of nitrogens with one attached hydrogen (secondary N) is 3. The molecule has 0 aliphatic carbocycles. The van der Waals surface area contributed by atoms with Gasteiger partial charge in [0.25, 0.3) is 5.56 Å². The highest BCUT2D eigenvalue weighted by Gasteiger charge is 2.43. The minimum atomic E-state index is -0.163. The van der Waals surface area contributed by atoms with Gasteiger partial charge in [0, 0.05) is 29.8 Å². The van der Waals surface area contributed by atoms with E-state index in [2.05, 4.69) is 23.1 Å². The van der Waals surface area contributed by atoms with Gasteiger partial charge in [-0.1, -0.05) is 18.2 Å². The van der Waals surface area contributed by atoms with Gasteiger partial charge in [0.2, 0.25) is 5.91 Å². The van der Waals surface area contributed by atoms with Crippen molar-refractivity contribution >= 4 is 28.6 Å². The third-order valence-electron chi connectivity index (χ3n) is 4.96. The molecular formula is C17H20N4O2S. The predicted octanol–water partition coefficient (Wildman–Crippen LogP) is 0.881. The van der Waals surface area contributed by atoms with Gasteiger partial charge in [-0.15, -0.1) is 11.8 Å². The Morgan fingerprint density at radius 3 is 2.83 bits per heavy atom. The van der Waals surface area contributed by atoms with Crippen LogP contribution in [0.1, 0.15) is 17.7 Å². The number of carbonyl (C=O) groups is 1. The number of para-hydroxylation sites is 1. The Kier molecular flexibility index (Phi) is 3.86. The van der Waals surface area contributed by atoms with Gasteiger partial charge >= 0.3 is 0 Å². The van der Waals surface area contributed by atoms with E-state index in [1.54, 1.807) is 16.3 Å². The van der Waals surface area contributed by atoms with Crippen LogP contribution in [0.25, 0.3) is 10.9 Å². The van der Waals surface area contributed by atoms with Crippen LogP contribution in [0.5, 0.6) is 0 Å². The Balaban J connectivity index is 1.87. The highest BCUT2D eigenvalue weighted by Crippen LogP contribution is 2.41. The lowest BCUT2D eigenvalue weighted by Crippen LogP contribution is -2.47. The summed E-state index contributed by atoms with van der Waals surface area (Å²) in [6, 6.07) is 10.0. The zero-order valence-electron chi connectivity index (χ0n) is 13.6. The second-order valence-electron chi connectivity index (χ2n) is 6.45. The smallest absolute Gasteiger partial charge is 0.255 e. The first kappa shape index (κ1) is 15.7. The van der Waals surface area contributed by atoms with E-state index >= 15 is 0 Å². The average molecular weight is 344 g/mol. The summed E-state index contributed by atoms with van der Waals surface area (Å²) in [5.41, 5.74) is 8.04. The number of rotatable bonds is 1. The topological polar surface area (TPSA) is 75.2 Å². The summed E-state index contributed by atoms with van der Waals surface area (Å²) in [4.78, 5) is 25.0. The molecule has 2 aromatic rings. The lowest BCUT2D eigenvalue weighted by molar-refractivity contribution is -0.119. The second-order valence-corrected chi connectivity index (χ2v) is 7.58. The normalized spacial score (nSPS) is 30.0. The van der Waals surface area contributed by atoms with Crippen molar-refractivity contribution in [3.05, 3.63) is 46.2 Å². The molecule has 3 heterocycles. The first-order valence-electron chi connectivity index (χ1n) is 8.07. The molecule has 3 N–H and O–H groups in total. The Morgan fingerprint density at radius 2 is 2.00 bits per heavy atom. The van der Waals surface area contributed by atoms with Crippen LogP contribution in [0.4, 0.5) is 0 Å². The summed E-state index contributed by atoms with van der Waals surface area (Å²) >= 11 is 1.55. The fourth-order valence-electron chi connectivity index (χ4n) is 3.71. The van der Waals surface area contributed by atoms with Gasteiger partial charge in [0.15, 0.2) is 0 Å². The quantitative estimate of drug-likeness (QED) is 0.716. The monoisotopic (exact) mass is 344 g/mol. The number of pyridine rings is 1. The fourth-order valence-corrected chi connectivity index (χ4v) is 5.09. The second kappa shape index (κ2) is 5.91. The Hall–Kier alpha value is -1.83. The number of hydrazine groups is 1. The number of carbonyl (C=O) groups excluding carboxylic acids is 1. The molecule has 4 rings (SSSR count). The van der Waals surface area contributed by atoms with Crippen molar-refractivity contribution in [2.45, 2.75) is 24.4 Å². The molecule has 1 aromatic heterocycles. The standard InChI is InChI=1S/C17H20N4O2S/c1-9-14-15(24-8-13(22)18-16(14)20-19-9)11-7-10-5-3-4-6-12(10)21(2)17(11)23/h3-7,9,14-16,19-20H,8H2,1-2H3,(H,18,22). The Morgan fingerprint density at radius 1 is 1.21 bits per heavy atom. The van der Waals surface area contributed by atoms with Crippen LogP contribution >= 0.6 is 11.8 Å². The number of benzene rings is 1. The first-order valence-corrected chi connectivity index (χ1v) is 9.12. The lowest BCUT2D eigenvalue weighted by Gasteiger charge is -2.27. The van der Waals surface area contributed by atoms with E-state index in [9.17, 15) is 9.59 Å². The maximum Gasteiger partial charge on any atom is 0.255 e. The van der Waals surface area contributed by atoms with E-state index in [1.807, 2.05) is 37.4 Å². The maximum absolute atomic E-state index is 13.0. The molecule has 0 spiro atoms. The molecule has 1 aromatic carbocycles. The largest absolute Gasteiger partial charge is 0.338 e. The van der Waals surface area contributed by atoms with Crippen LogP contribution in [0.15, 0.2) is 35.1 Å². The van der Waals surface area contributed by atoms with Crippen molar-refractivity contribution in [3.63, 3.8) is 0 Å². The number of hydrogen-bond donors (Lipinski definition) is 3. The van der Waals surface area contributed by atoms with E-state index in [4.69, 9.17) is 0 Å². The van der Waals surface area contributed by atoms with Crippen molar-refractivity contribution in [2.75, 3.05) is 5.75 Å². The van der Waals surface area contributed by atoms with Gasteiger partial charge < -0.3 is 9.88 Å². The van der Waals surface area contributed by atoms with Crippen molar-refractivity contribution in [1.82, 2.24) is 20.7 Å². The van der Waals surface area contributed by atoms with Gasteiger partial charge in [-0.2, -0.15) is 0 Å². The van der Waals surface area contributed by atoms with E-state index in [1.165, 1.54) is 0 Å². The minimum Gasteiger partial charge on any atom is -0.338 e. The van der Waals surface area contributed by atoms with E-state index < -0.39 is 0 Å². The third-order valence-corrected chi connectivity index (χ3v) is 6.31. The number of fused-ring (bicyclic) bond motifs is 2. The van der Waals surface area contributed by atoms with Crippen LogP contribution in [0, 0.1) is 5.92 Å². The number of aromatic nitrogens is 1. The molecule has 2 aliphatic rings. The summed E-state index contributed by atoms with van der Waals surface area (Å²) in [6.45, 7) is 2.08. The molecule has 126 valence electrons. The number of thioether (sulfide) groups is 1. The Labute approximate surface area is 144 Å². The number of amides is 1. The van der Waals surface area contributed by atoms with Crippen LogP contribution < -0.4 is 21.7 Å². The first-order chi connectivity index (χ1) is 11.6. The molecule has 4 atom stereocenters. The summed E-state index contributed by atoms with van der Waals surface area (Å²) < 4.78 is 1.71. The summed E-state index contributed by atoms with van der Waals surface area (Å²) in [5.74, 6) is 0.469. The summed E-state index contributed by atoms with van der Waals surface area (Å²) in [6.07, 6.45) is -0.163. The van der Waals surface area contributed by atoms with E-state index in [-0.39, 0.29) is 34.8 Å². The van der Waals surface area contributed by atoms with Crippen LogP contribution in [-0.4, -0.2) is 28.4 Å². The number of hydrogen-bond acceptors (Lipinski definition) is 5. The van der Waals surface area contributed by atoms with Gasteiger partial charge in [-0.25, -0.2) is 5.43 Å². The average Bonchev–Trinajstić information content (AvgIpc) is 2.83. The molecule has 0 saturated carbocycles. The lowest BCUT2D eigenvalue weighted by atomic mass is 9.91. The molecule has 0 radical (unpaired) electrons. The van der Waals surface area contributed by atoms with Gasteiger partial charge in [0.1, 0.15) is 0 Å². The SMILES string of the molecule is CC1NNC2NC(=O)CSC(c3cc4ccccc4n(C)c3=O)C12. The van der Waals surface area contributed by atoms with Crippen LogP contribution in [-0.2, 0) is 11.8 Å². The molecule has 0 bridgehead atoms. The van der Waals surface area contributed by atoms with Crippen molar-refractivity contribution < 1.29 is 4.79 Å². The summed E-state index contributed by atoms with van der Waals surface area (Å²) in [7, 11) is 1.81. The Bertz CT molecular complexity index is 865. The molecular weight excluding hydrogens is 324 g/mol. The predicted molar refractivity (Wildman–Crippen MR) is 95.5 cm³/mol. The molecule has 2 aliphatic heterocycles. The van der Waals surface area contributed by atoms with Crippen LogP contribution in [0.3, 0.4) is 0 Å². The van der Waals surface area contributed by atoms with Gasteiger partial charge in [-0.3, -0.25) is 15.0 Å². The van der Waals surface area contributed by atoms with Crippen molar-refractivity contribution in [1.29, 1.82) is 0 Å². The number of aryl methyl sites for hydroxylation is 1. The fraction of sp³-hybridized carbons (Fsp3) is 0.412. The summed E-state index contributed by atoms with van der Waals surface area (Å²) in [5, 5.41) is 4.00. The van der Waals surface area contributed by atoms with Gasteiger partial charge in [0.05, 0.1) is 17.4 Å².